The molecule has 1 atom stereocenters. The average molecular weight is 469 g/mol. The van der Waals surface area contributed by atoms with E-state index in [4.69, 9.17) is 4.74 Å². The highest BCUT2D eigenvalue weighted by atomic mass is 19.3. The second-order valence-electron chi connectivity index (χ2n) is 8.36. The van der Waals surface area contributed by atoms with Gasteiger partial charge in [0.15, 0.2) is 6.54 Å². The zero-order valence-corrected chi connectivity index (χ0v) is 18.6. The van der Waals surface area contributed by atoms with E-state index in [-0.39, 0.29) is 11.4 Å². The Kier molecular flexibility index (Phi) is 6.54. The highest BCUT2D eigenvalue weighted by Gasteiger charge is 2.54. The number of nitrogens with zero attached hydrogens (tertiary/aromatic N) is 1. The first-order valence-corrected chi connectivity index (χ1v) is 10.9. The predicted molar refractivity (Wildman–Crippen MR) is 125 cm³/mol. The van der Waals surface area contributed by atoms with Gasteiger partial charge in [-0.3, -0.25) is 0 Å². The fraction of sp³-hybridized carbons (Fsp3) is 0.269. The topological polar surface area (TPSA) is 78.8 Å². The number of ether oxygens (including phenoxy) is 2. The van der Waals surface area contributed by atoms with Gasteiger partial charge in [0, 0.05) is 30.5 Å². The number of rotatable bonds is 9. The summed E-state index contributed by atoms with van der Waals surface area (Å²) in [5.41, 5.74) is 1.83. The number of quaternary nitrogens is 1. The molecule has 1 aliphatic rings. The molecule has 0 heterocycles. The molecule has 0 aromatic heterocycles. The zero-order valence-electron chi connectivity index (χ0n) is 18.6. The number of hydroxylamine groups is 2. The molecule has 1 unspecified atom stereocenters. The van der Waals surface area contributed by atoms with Crippen LogP contribution in [-0.2, 0) is 10.3 Å². The molecule has 0 saturated heterocycles. The molecule has 3 aromatic rings. The molecule has 1 fully saturated rings. The summed E-state index contributed by atoms with van der Waals surface area (Å²) in [5, 5.41) is 23.9. The quantitative estimate of drug-likeness (QED) is 0.310. The van der Waals surface area contributed by atoms with E-state index in [0.29, 0.717) is 12.8 Å². The van der Waals surface area contributed by atoms with E-state index < -0.39 is 29.3 Å². The van der Waals surface area contributed by atoms with Crippen molar-refractivity contribution in [3.05, 3.63) is 83.6 Å². The van der Waals surface area contributed by atoms with Crippen LogP contribution in [0.1, 0.15) is 24.8 Å². The van der Waals surface area contributed by atoms with Crippen molar-refractivity contribution in [2.45, 2.75) is 31.4 Å². The molecule has 0 amide bonds. The zero-order chi connectivity index (χ0) is 24.3. The van der Waals surface area contributed by atoms with Crippen LogP contribution in [0.5, 0.6) is 11.5 Å². The van der Waals surface area contributed by atoms with Crippen LogP contribution >= 0.6 is 0 Å². The molecule has 4 rings (SSSR count). The van der Waals surface area contributed by atoms with Crippen molar-refractivity contribution in [2.24, 2.45) is 0 Å². The number of benzene rings is 3. The summed E-state index contributed by atoms with van der Waals surface area (Å²) < 4.78 is 33.6. The van der Waals surface area contributed by atoms with Gasteiger partial charge in [-0.25, -0.2) is 4.79 Å². The van der Waals surface area contributed by atoms with Gasteiger partial charge in [0.1, 0.15) is 22.7 Å². The van der Waals surface area contributed by atoms with Crippen molar-refractivity contribution < 1.29 is 28.2 Å². The molecular weight excluding hydrogens is 444 g/mol. The Bertz CT molecular complexity index is 1150. The van der Waals surface area contributed by atoms with E-state index in [1.807, 2.05) is 48.5 Å². The Morgan fingerprint density at radius 1 is 1.03 bits per heavy atom. The number of halogens is 2. The maximum Gasteiger partial charge on any atom is 0.387 e. The summed E-state index contributed by atoms with van der Waals surface area (Å²) in [6, 6.07) is 20.5. The maximum absolute atomic E-state index is 14.3. The van der Waals surface area contributed by atoms with Crippen LogP contribution in [0, 0.1) is 5.21 Å². The Hall–Kier alpha value is -3.49. The lowest BCUT2D eigenvalue weighted by Gasteiger charge is -2.60. The normalized spacial score (nSPS) is 16.4. The Morgan fingerprint density at radius 3 is 2.24 bits per heavy atom. The molecule has 0 radical (unpaired) electrons. The molecule has 1 N–H and O–H groups in total. The standard InChI is InChI=1S/C26H25F2NO5/c1-33-23-5-2-4-19(16-23)18-6-8-20(9-7-18)26(14-3-15-26)29(32,17-24(30)31)21-10-12-22(13-11-21)34-25(27)28/h2,4-13,16,25H,3,14-15,17H2,1H3,(H,30,31). The van der Waals surface area contributed by atoms with Crippen LogP contribution in [-0.4, -0.2) is 31.3 Å². The third kappa shape index (κ3) is 4.34. The van der Waals surface area contributed by atoms with E-state index in [2.05, 4.69) is 4.74 Å². The van der Waals surface area contributed by atoms with Crippen LogP contribution < -0.4 is 14.1 Å². The van der Waals surface area contributed by atoms with Crippen molar-refractivity contribution in [3.8, 4) is 22.6 Å². The van der Waals surface area contributed by atoms with Crippen molar-refractivity contribution in [1.29, 1.82) is 0 Å². The van der Waals surface area contributed by atoms with Gasteiger partial charge in [0.05, 0.1) is 7.11 Å². The Morgan fingerprint density at radius 2 is 1.71 bits per heavy atom. The van der Waals surface area contributed by atoms with Crippen molar-refractivity contribution >= 4 is 11.7 Å². The maximum atomic E-state index is 14.3. The third-order valence-corrected chi connectivity index (χ3v) is 6.53. The molecular formula is C26H25F2NO5. The summed E-state index contributed by atoms with van der Waals surface area (Å²) >= 11 is 0. The number of carboxylic acids is 1. The number of carbonyl (C=O) groups is 1. The minimum atomic E-state index is -2.99. The fourth-order valence-corrected chi connectivity index (χ4v) is 4.69. The molecule has 0 aliphatic heterocycles. The van der Waals surface area contributed by atoms with Gasteiger partial charge in [-0.05, 0) is 41.8 Å². The lowest BCUT2D eigenvalue weighted by Crippen LogP contribution is -2.65. The van der Waals surface area contributed by atoms with Crippen molar-refractivity contribution in [3.63, 3.8) is 0 Å². The lowest BCUT2D eigenvalue weighted by atomic mass is 9.69. The fourth-order valence-electron chi connectivity index (χ4n) is 4.69. The van der Waals surface area contributed by atoms with Crippen LogP contribution in [0.3, 0.4) is 0 Å². The second-order valence-corrected chi connectivity index (χ2v) is 8.36. The average Bonchev–Trinajstić information content (AvgIpc) is 2.78. The molecule has 0 spiro atoms. The van der Waals surface area contributed by atoms with Gasteiger partial charge >= 0.3 is 12.6 Å². The smallest absolute Gasteiger partial charge is 0.387 e. The molecule has 1 saturated carbocycles. The van der Waals surface area contributed by atoms with Gasteiger partial charge in [-0.15, -0.1) is 0 Å². The first kappa shape index (κ1) is 23.7. The number of carboxylic acid groups (broad SMARTS) is 1. The summed E-state index contributed by atoms with van der Waals surface area (Å²) in [6.07, 6.45) is 1.81. The number of alkyl halides is 2. The SMILES string of the molecule is COc1cccc(-c2ccc(C3([N+]([O-])(CC(=O)O)c4ccc(OC(F)F)cc4)CCC3)cc2)c1. The van der Waals surface area contributed by atoms with Crippen LogP contribution in [0.25, 0.3) is 11.1 Å². The first-order chi connectivity index (χ1) is 16.3. The number of methoxy groups -OCH3 is 1. The Labute approximate surface area is 196 Å². The molecule has 6 nitrogen and oxygen atoms in total. The van der Waals surface area contributed by atoms with Gasteiger partial charge < -0.3 is 24.4 Å². The molecule has 178 valence electrons. The number of hydrogen-bond donors (Lipinski definition) is 1. The number of aliphatic carboxylic acids is 1. The summed E-state index contributed by atoms with van der Waals surface area (Å²) in [4.78, 5) is 11.8. The van der Waals surface area contributed by atoms with E-state index >= 15 is 0 Å². The first-order valence-electron chi connectivity index (χ1n) is 10.9. The highest BCUT2D eigenvalue weighted by molar-refractivity contribution is 5.74. The summed E-state index contributed by atoms with van der Waals surface area (Å²) in [7, 11) is 1.60. The third-order valence-electron chi connectivity index (χ3n) is 6.53. The molecule has 34 heavy (non-hydrogen) atoms. The van der Waals surface area contributed by atoms with Crippen molar-refractivity contribution in [1.82, 2.24) is 4.65 Å². The Balaban J connectivity index is 1.72. The van der Waals surface area contributed by atoms with E-state index in [1.54, 1.807) is 7.11 Å². The van der Waals surface area contributed by atoms with Crippen LogP contribution in [0.2, 0.25) is 0 Å². The van der Waals surface area contributed by atoms with E-state index in [9.17, 15) is 23.9 Å². The minimum Gasteiger partial charge on any atom is -0.626 e. The van der Waals surface area contributed by atoms with Gasteiger partial charge in [0.2, 0.25) is 0 Å². The monoisotopic (exact) mass is 469 g/mol. The second kappa shape index (κ2) is 9.40. The molecule has 3 aromatic carbocycles. The molecule has 8 heteroatoms. The van der Waals surface area contributed by atoms with E-state index in [1.165, 1.54) is 24.3 Å². The van der Waals surface area contributed by atoms with E-state index in [0.717, 1.165) is 28.9 Å². The van der Waals surface area contributed by atoms with Gasteiger partial charge in [-0.1, -0.05) is 36.4 Å². The van der Waals surface area contributed by atoms with Gasteiger partial charge in [-0.2, -0.15) is 8.78 Å². The highest BCUT2D eigenvalue weighted by Crippen LogP contribution is 2.53. The summed E-state index contributed by atoms with van der Waals surface area (Å²) in [5.74, 6) is -0.596. The summed E-state index contributed by atoms with van der Waals surface area (Å²) in [6.45, 7) is -3.68. The van der Waals surface area contributed by atoms with Crippen LogP contribution in [0.15, 0.2) is 72.8 Å². The molecule has 1 aliphatic carbocycles. The van der Waals surface area contributed by atoms with Crippen molar-refractivity contribution in [2.75, 3.05) is 13.7 Å². The minimum absolute atomic E-state index is 0.0917. The van der Waals surface area contributed by atoms with Gasteiger partial charge in [0.25, 0.3) is 0 Å². The molecule has 0 bridgehead atoms. The predicted octanol–water partition coefficient (Wildman–Crippen LogP) is 5.93. The van der Waals surface area contributed by atoms with Crippen LogP contribution in [0.4, 0.5) is 14.5 Å². The largest absolute Gasteiger partial charge is 0.626 e. The lowest BCUT2D eigenvalue weighted by molar-refractivity contribution is -0.139. The number of hydrogen-bond acceptors (Lipinski definition) is 4.